The van der Waals surface area contributed by atoms with Crippen LogP contribution in [-0.2, 0) is 27.1 Å². The first-order chi connectivity index (χ1) is 26.5. The Morgan fingerprint density at radius 1 is 0.500 bits per heavy atom. The molecular formula is C53H56BN2. The summed E-state index contributed by atoms with van der Waals surface area (Å²) in [7, 11) is 2.51. The minimum atomic E-state index is -0.160. The van der Waals surface area contributed by atoms with E-state index in [1.807, 2.05) is 0 Å². The predicted octanol–water partition coefficient (Wildman–Crippen LogP) is 13.0. The lowest BCUT2D eigenvalue weighted by molar-refractivity contribution is 0.331. The maximum absolute atomic E-state index is 3.96. The molecule has 2 aliphatic heterocycles. The average molecular weight is 732 g/mol. The van der Waals surface area contributed by atoms with E-state index < -0.39 is 0 Å². The summed E-state index contributed by atoms with van der Waals surface area (Å²) in [6, 6.07) is 39.7. The van der Waals surface area contributed by atoms with Gasteiger partial charge in [0.25, 0.3) is 0 Å². The topological polar surface area (TPSA) is 15.3 Å². The van der Waals surface area contributed by atoms with Crippen LogP contribution in [0.25, 0.3) is 21.9 Å². The number of hydrogen-bond donors (Lipinski definition) is 1. The summed E-state index contributed by atoms with van der Waals surface area (Å²) in [4.78, 5) is 2.69. The Kier molecular flexibility index (Phi) is 7.42. The Morgan fingerprint density at radius 2 is 1.09 bits per heavy atom. The summed E-state index contributed by atoms with van der Waals surface area (Å²) in [5.74, 6) is 0. The van der Waals surface area contributed by atoms with Crippen LogP contribution in [0.5, 0.6) is 0 Å². The van der Waals surface area contributed by atoms with Crippen LogP contribution in [-0.4, -0.2) is 7.28 Å². The summed E-state index contributed by atoms with van der Waals surface area (Å²) < 4.78 is 0. The van der Waals surface area contributed by atoms with Gasteiger partial charge in [-0.15, -0.1) is 0 Å². The molecule has 2 heterocycles. The highest BCUT2D eigenvalue weighted by Crippen LogP contribution is 2.58. The van der Waals surface area contributed by atoms with E-state index in [2.05, 4.69) is 190 Å². The van der Waals surface area contributed by atoms with E-state index >= 15 is 0 Å². The number of nitrogens with zero attached hydrogens (tertiary/aromatic N) is 1. The zero-order valence-corrected chi connectivity index (χ0v) is 35.2. The average Bonchev–Trinajstić information content (AvgIpc) is 3.16. The first kappa shape index (κ1) is 35.6. The van der Waals surface area contributed by atoms with Gasteiger partial charge in [0.15, 0.2) is 7.28 Å². The molecule has 4 aliphatic rings. The van der Waals surface area contributed by atoms with Crippen molar-refractivity contribution >= 4 is 57.4 Å². The SMILES string of the molecule is CC1(C)CCC(C)(C)c2cc(-c3cc4ccccc4c4c3[B]c3cccc5c3N4c3cc4c(cc3C5(C)C)C(C)(C)CCC4(C)C)c(Nc3ccccc3)cc21. The van der Waals surface area contributed by atoms with Crippen LogP contribution in [0.3, 0.4) is 0 Å². The molecule has 0 aromatic heterocycles. The zero-order chi connectivity index (χ0) is 39.2. The quantitative estimate of drug-likeness (QED) is 0.182. The second kappa shape index (κ2) is 11.7. The van der Waals surface area contributed by atoms with E-state index in [4.69, 9.17) is 0 Å². The van der Waals surface area contributed by atoms with Gasteiger partial charge < -0.3 is 10.2 Å². The van der Waals surface area contributed by atoms with Crippen molar-refractivity contribution in [2.75, 3.05) is 10.2 Å². The highest BCUT2D eigenvalue weighted by molar-refractivity contribution is 6.74. The minimum Gasteiger partial charge on any atom is -0.355 e. The van der Waals surface area contributed by atoms with Gasteiger partial charge in [0.05, 0.1) is 5.69 Å². The number of benzene rings is 6. The van der Waals surface area contributed by atoms with Gasteiger partial charge in [-0.3, -0.25) is 0 Å². The summed E-state index contributed by atoms with van der Waals surface area (Å²) in [6.45, 7) is 24.5. The van der Waals surface area contributed by atoms with Crippen LogP contribution in [0, 0.1) is 0 Å². The van der Waals surface area contributed by atoms with E-state index in [0.717, 1.165) is 5.69 Å². The highest BCUT2D eigenvalue weighted by atomic mass is 15.2. The maximum Gasteiger partial charge on any atom is 0.197 e. The minimum absolute atomic E-state index is 0.0735. The van der Waals surface area contributed by atoms with E-state index in [-0.39, 0.29) is 27.1 Å². The smallest absolute Gasteiger partial charge is 0.197 e. The number of rotatable bonds is 3. The molecule has 0 atom stereocenters. The van der Waals surface area contributed by atoms with Gasteiger partial charge in [-0.1, -0.05) is 141 Å². The number of nitrogens with one attached hydrogen (secondary N) is 1. The van der Waals surface area contributed by atoms with Gasteiger partial charge in [-0.05, 0) is 134 Å². The molecule has 281 valence electrons. The van der Waals surface area contributed by atoms with E-state index in [1.165, 1.54) is 115 Å². The summed E-state index contributed by atoms with van der Waals surface area (Å²) in [6.07, 6.45) is 4.75. The fourth-order valence-corrected chi connectivity index (χ4v) is 10.9. The van der Waals surface area contributed by atoms with Gasteiger partial charge >= 0.3 is 0 Å². The largest absolute Gasteiger partial charge is 0.355 e. The lowest BCUT2D eigenvalue weighted by Crippen LogP contribution is -2.46. The molecule has 1 radical (unpaired) electrons. The number of fused-ring (bicyclic) bond motifs is 8. The van der Waals surface area contributed by atoms with Crippen molar-refractivity contribution in [2.45, 2.75) is 122 Å². The normalized spacial score (nSPS) is 19.8. The molecule has 56 heavy (non-hydrogen) atoms. The van der Waals surface area contributed by atoms with Crippen molar-refractivity contribution in [3.63, 3.8) is 0 Å². The number of hydrogen-bond acceptors (Lipinski definition) is 2. The fourth-order valence-electron chi connectivity index (χ4n) is 10.9. The van der Waals surface area contributed by atoms with Gasteiger partial charge in [-0.25, -0.2) is 0 Å². The second-order valence-electron chi connectivity index (χ2n) is 20.6. The van der Waals surface area contributed by atoms with Crippen LogP contribution in [0.4, 0.5) is 28.4 Å². The molecular weight excluding hydrogens is 675 g/mol. The summed E-state index contributed by atoms with van der Waals surface area (Å²) in [5, 5.41) is 6.52. The lowest BCUT2D eigenvalue weighted by atomic mass is 9.54. The van der Waals surface area contributed by atoms with E-state index in [0.29, 0.717) is 0 Å². The van der Waals surface area contributed by atoms with Crippen molar-refractivity contribution < 1.29 is 0 Å². The Labute approximate surface area is 336 Å². The van der Waals surface area contributed by atoms with Crippen molar-refractivity contribution in [3.8, 4) is 11.1 Å². The third-order valence-electron chi connectivity index (χ3n) is 14.8. The van der Waals surface area contributed by atoms with E-state index in [1.54, 1.807) is 0 Å². The van der Waals surface area contributed by atoms with Gasteiger partial charge in [0.2, 0.25) is 0 Å². The molecule has 2 nitrogen and oxygen atoms in total. The molecule has 3 heteroatoms. The van der Waals surface area contributed by atoms with Crippen LogP contribution in [0.15, 0.2) is 103 Å². The van der Waals surface area contributed by atoms with Crippen molar-refractivity contribution in [1.29, 1.82) is 0 Å². The highest BCUT2D eigenvalue weighted by Gasteiger charge is 2.46. The predicted molar refractivity (Wildman–Crippen MR) is 242 cm³/mol. The fraction of sp³-hybridized carbons (Fsp3) is 0.358. The van der Waals surface area contributed by atoms with Crippen molar-refractivity contribution in [2.24, 2.45) is 0 Å². The van der Waals surface area contributed by atoms with Crippen LogP contribution < -0.4 is 21.1 Å². The van der Waals surface area contributed by atoms with Gasteiger partial charge in [0.1, 0.15) is 0 Å². The Hall–Kier alpha value is -4.76. The molecule has 10 rings (SSSR count). The third kappa shape index (κ3) is 5.08. The summed E-state index contributed by atoms with van der Waals surface area (Å²) in [5.41, 5.74) is 20.4. The molecule has 0 amide bonds. The molecule has 6 aromatic rings. The Morgan fingerprint density at radius 3 is 1.77 bits per heavy atom. The molecule has 2 aliphatic carbocycles. The van der Waals surface area contributed by atoms with Gasteiger partial charge in [0, 0.05) is 39.1 Å². The van der Waals surface area contributed by atoms with Crippen LogP contribution in [0.1, 0.15) is 128 Å². The van der Waals surface area contributed by atoms with Crippen molar-refractivity contribution in [1.82, 2.24) is 0 Å². The van der Waals surface area contributed by atoms with E-state index in [9.17, 15) is 0 Å². The first-order valence-corrected chi connectivity index (χ1v) is 21.0. The van der Waals surface area contributed by atoms with Crippen molar-refractivity contribution in [3.05, 3.63) is 137 Å². The molecule has 6 aromatic carbocycles. The third-order valence-corrected chi connectivity index (χ3v) is 14.8. The molecule has 0 saturated carbocycles. The molecule has 0 bridgehead atoms. The number of para-hydroxylation sites is 2. The molecule has 0 spiro atoms. The Balaban J connectivity index is 1.31. The Bertz CT molecular complexity index is 2620. The summed E-state index contributed by atoms with van der Waals surface area (Å²) >= 11 is 0. The molecule has 1 N–H and O–H groups in total. The lowest BCUT2D eigenvalue weighted by Gasteiger charge is -2.49. The monoisotopic (exact) mass is 731 g/mol. The first-order valence-electron chi connectivity index (χ1n) is 21.0. The second-order valence-corrected chi connectivity index (χ2v) is 20.6. The number of anilines is 5. The molecule has 0 fully saturated rings. The molecule has 0 saturated heterocycles. The zero-order valence-electron chi connectivity index (χ0n) is 35.2. The van der Waals surface area contributed by atoms with Crippen LogP contribution in [0.2, 0.25) is 0 Å². The maximum atomic E-state index is 3.96. The standard InChI is InChI=1S/C53H56BN2/c1-49(2)23-25-51(5,6)40-30-44(55-33-18-12-11-13-19-33)35(28-38(40)49)36-27-32-17-14-15-20-34(32)47-46(36)54-43-22-16-21-37-48(43)56(47)45-31-41-39(29-42(45)53(37,9)10)50(3,4)24-26-52(41,7)8/h11-22,27-31,55H,23-26H2,1-10H3. The van der Waals surface area contributed by atoms with Crippen LogP contribution >= 0.6 is 0 Å². The van der Waals surface area contributed by atoms with Gasteiger partial charge in [-0.2, -0.15) is 0 Å². The molecule has 0 unspecified atom stereocenters.